The highest BCUT2D eigenvalue weighted by atomic mass is 16.5. The summed E-state index contributed by atoms with van der Waals surface area (Å²) < 4.78 is 5.65. The summed E-state index contributed by atoms with van der Waals surface area (Å²) in [5, 5.41) is 0. The van der Waals surface area contributed by atoms with Gasteiger partial charge in [0.2, 0.25) is 5.91 Å². The number of carbonyl (C=O) groups excluding carboxylic acids is 2. The molecule has 0 aliphatic heterocycles. The summed E-state index contributed by atoms with van der Waals surface area (Å²) in [5.74, 6) is -0.319. The van der Waals surface area contributed by atoms with Crippen molar-refractivity contribution in [1.29, 1.82) is 0 Å². The Kier molecular flexibility index (Phi) is 15.1. The maximum absolute atomic E-state index is 12.1. The molecule has 1 aliphatic rings. The fraction of sp³-hybridized carbons (Fsp3) is 0.909. The largest absolute Gasteiger partial charge is 0.461 e. The number of hydrazine groups is 1. The molecule has 5 nitrogen and oxygen atoms in total. The zero-order valence-electron chi connectivity index (χ0n) is 17.5. The molecule has 0 heterocycles. The summed E-state index contributed by atoms with van der Waals surface area (Å²) in [6.07, 6.45) is 19.5. The van der Waals surface area contributed by atoms with Gasteiger partial charge in [0.15, 0.2) is 0 Å². The molecule has 0 aromatic carbocycles. The molecule has 0 saturated heterocycles. The Labute approximate surface area is 166 Å². The standard InChI is InChI=1S/C22H42N2O3/c1-2-3-4-10-15-18-21(25)24-23-19-22(26)27-20-16-13-11-8-6-5-7-9-12-14-17-20/h20,23H,2-19H2,1H3,(H,24,25). The van der Waals surface area contributed by atoms with Crippen molar-refractivity contribution in [3.05, 3.63) is 0 Å². The number of amides is 1. The van der Waals surface area contributed by atoms with Crippen LogP contribution in [0.2, 0.25) is 0 Å². The minimum Gasteiger partial charge on any atom is -0.461 e. The summed E-state index contributed by atoms with van der Waals surface area (Å²) in [6.45, 7) is 2.22. The van der Waals surface area contributed by atoms with Gasteiger partial charge < -0.3 is 4.74 Å². The predicted octanol–water partition coefficient (Wildman–Crippen LogP) is 5.18. The third-order valence-corrected chi connectivity index (χ3v) is 5.32. The third kappa shape index (κ3) is 14.6. The molecule has 1 fully saturated rings. The summed E-state index contributed by atoms with van der Waals surface area (Å²) in [5.41, 5.74) is 5.33. The lowest BCUT2D eigenvalue weighted by molar-refractivity contribution is -0.149. The van der Waals surface area contributed by atoms with Crippen molar-refractivity contribution < 1.29 is 14.3 Å². The molecular weight excluding hydrogens is 340 g/mol. The molecule has 158 valence electrons. The van der Waals surface area contributed by atoms with Gasteiger partial charge in [0.25, 0.3) is 0 Å². The Morgan fingerprint density at radius 3 is 1.96 bits per heavy atom. The van der Waals surface area contributed by atoms with Crippen LogP contribution < -0.4 is 10.9 Å². The smallest absolute Gasteiger partial charge is 0.322 e. The van der Waals surface area contributed by atoms with Crippen molar-refractivity contribution in [2.24, 2.45) is 0 Å². The Balaban J connectivity index is 2.14. The number of nitrogens with one attached hydrogen (secondary N) is 2. The second-order valence-electron chi connectivity index (χ2n) is 7.94. The second-order valence-corrected chi connectivity index (χ2v) is 7.94. The van der Waals surface area contributed by atoms with Crippen LogP contribution in [0, 0.1) is 0 Å². The maximum Gasteiger partial charge on any atom is 0.322 e. The van der Waals surface area contributed by atoms with Gasteiger partial charge in [-0.05, 0) is 32.1 Å². The molecule has 1 aliphatic carbocycles. The SMILES string of the molecule is CCCCCCCC(=O)NNCC(=O)OC1CCCCCCCCCCC1. The molecule has 0 unspecified atom stereocenters. The Bertz CT molecular complexity index is 376. The van der Waals surface area contributed by atoms with Crippen LogP contribution in [0.15, 0.2) is 0 Å². The number of ether oxygens (including phenoxy) is 1. The average Bonchev–Trinajstić information content (AvgIpc) is 2.64. The van der Waals surface area contributed by atoms with Crippen molar-refractivity contribution in [2.75, 3.05) is 6.54 Å². The molecule has 1 amide bonds. The molecule has 0 radical (unpaired) electrons. The fourth-order valence-electron chi connectivity index (χ4n) is 3.64. The molecule has 1 saturated carbocycles. The van der Waals surface area contributed by atoms with E-state index in [-0.39, 0.29) is 24.5 Å². The van der Waals surface area contributed by atoms with Crippen LogP contribution >= 0.6 is 0 Å². The van der Waals surface area contributed by atoms with Crippen LogP contribution in [0.1, 0.15) is 116 Å². The van der Waals surface area contributed by atoms with E-state index < -0.39 is 0 Å². The van der Waals surface area contributed by atoms with Gasteiger partial charge in [-0.2, -0.15) is 0 Å². The zero-order valence-corrected chi connectivity index (χ0v) is 17.5. The van der Waals surface area contributed by atoms with Crippen LogP contribution in [0.4, 0.5) is 0 Å². The molecule has 2 N–H and O–H groups in total. The van der Waals surface area contributed by atoms with Crippen molar-refractivity contribution in [2.45, 2.75) is 122 Å². The van der Waals surface area contributed by atoms with Crippen molar-refractivity contribution in [1.82, 2.24) is 10.9 Å². The van der Waals surface area contributed by atoms with Crippen LogP contribution in [-0.2, 0) is 14.3 Å². The van der Waals surface area contributed by atoms with Gasteiger partial charge in [-0.1, -0.05) is 77.6 Å². The Morgan fingerprint density at radius 1 is 0.815 bits per heavy atom. The molecule has 0 bridgehead atoms. The molecule has 1 rings (SSSR count). The quantitative estimate of drug-likeness (QED) is 0.310. The lowest BCUT2D eigenvalue weighted by atomic mass is 9.99. The molecule has 5 heteroatoms. The van der Waals surface area contributed by atoms with Gasteiger partial charge in [0.1, 0.15) is 12.6 Å². The van der Waals surface area contributed by atoms with E-state index in [4.69, 9.17) is 4.74 Å². The zero-order chi connectivity index (χ0) is 19.6. The number of hydrogen-bond acceptors (Lipinski definition) is 4. The van der Waals surface area contributed by atoms with Crippen molar-refractivity contribution >= 4 is 11.9 Å². The van der Waals surface area contributed by atoms with Gasteiger partial charge in [-0.25, -0.2) is 5.43 Å². The van der Waals surface area contributed by atoms with Crippen LogP contribution in [-0.4, -0.2) is 24.5 Å². The third-order valence-electron chi connectivity index (χ3n) is 5.32. The first-order valence-corrected chi connectivity index (χ1v) is 11.4. The fourth-order valence-corrected chi connectivity index (χ4v) is 3.64. The summed E-state index contributed by atoms with van der Waals surface area (Å²) in [4.78, 5) is 23.8. The lowest BCUT2D eigenvalue weighted by Crippen LogP contribution is -2.41. The van der Waals surface area contributed by atoms with E-state index in [1.165, 1.54) is 64.2 Å². The number of carbonyl (C=O) groups is 2. The van der Waals surface area contributed by atoms with E-state index in [1.807, 2.05) is 0 Å². The minimum atomic E-state index is -0.268. The molecule has 0 aromatic rings. The van der Waals surface area contributed by atoms with Gasteiger partial charge in [-0.3, -0.25) is 15.0 Å². The first kappa shape index (κ1) is 23.9. The highest BCUT2D eigenvalue weighted by Gasteiger charge is 2.14. The van der Waals surface area contributed by atoms with Gasteiger partial charge >= 0.3 is 5.97 Å². The highest BCUT2D eigenvalue weighted by Crippen LogP contribution is 2.18. The van der Waals surface area contributed by atoms with Crippen molar-refractivity contribution in [3.63, 3.8) is 0 Å². The minimum absolute atomic E-state index is 0.0352. The van der Waals surface area contributed by atoms with E-state index in [0.29, 0.717) is 6.42 Å². The predicted molar refractivity (Wildman–Crippen MR) is 110 cm³/mol. The Morgan fingerprint density at radius 2 is 1.37 bits per heavy atom. The van der Waals surface area contributed by atoms with Gasteiger partial charge in [-0.15, -0.1) is 0 Å². The molecule has 0 spiro atoms. The molecular formula is C22H42N2O3. The van der Waals surface area contributed by atoms with Gasteiger partial charge in [0.05, 0.1) is 0 Å². The van der Waals surface area contributed by atoms with Crippen LogP contribution in [0.3, 0.4) is 0 Å². The van der Waals surface area contributed by atoms with E-state index in [9.17, 15) is 9.59 Å². The summed E-state index contributed by atoms with van der Waals surface area (Å²) >= 11 is 0. The molecule has 0 aromatic heterocycles. The Hall–Kier alpha value is -1.10. The molecule has 0 atom stereocenters. The monoisotopic (exact) mass is 382 g/mol. The average molecular weight is 383 g/mol. The number of hydrogen-bond donors (Lipinski definition) is 2. The first-order valence-electron chi connectivity index (χ1n) is 11.4. The highest BCUT2D eigenvalue weighted by molar-refractivity contribution is 5.76. The lowest BCUT2D eigenvalue weighted by Gasteiger charge is -2.19. The number of unbranched alkanes of at least 4 members (excludes halogenated alkanes) is 4. The van der Waals surface area contributed by atoms with Gasteiger partial charge in [0, 0.05) is 6.42 Å². The normalized spacial score (nSPS) is 17.5. The molecule has 27 heavy (non-hydrogen) atoms. The number of rotatable bonds is 10. The summed E-state index contributed by atoms with van der Waals surface area (Å²) in [6, 6.07) is 0. The van der Waals surface area contributed by atoms with Crippen LogP contribution in [0.25, 0.3) is 0 Å². The van der Waals surface area contributed by atoms with E-state index in [0.717, 1.165) is 38.5 Å². The van der Waals surface area contributed by atoms with E-state index in [2.05, 4.69) is 17.8 Å². The van der Waals surface area contributed by atoms with Crippen molar-refractivity contribution in [3.8, 4) is 0 Å². The van der Waals surface area contributed by atoms with Crippen LogP contribution in [0.5, 0.6) is 0 Å². The van der Waals surface area contributed by atoms with E-state index in [1.54, 1.807) is 0 Å². The van der Waals surface area contributed by atoms with E-state index >= 15 is 0 Å². The topological polar surface area (TPSA) is 67.4 Å². The summed E-state index contributed by atoms with van der Waals surface area (Å²) in [7, 11) is 0. The number of esters is 1. The maximum atomic E-state index is 12.1. The first-order chi connectivity index (χ1) is 13.2. The second kappa shape index (κ2) is 17.0.